The molecule has 2 aromatic rings. The van der Waals surface area contributed by atoms with Crippen molar-refractivity contribution in [1.82, 2.24) is 4.57 Å². The minimum atomic E-state index is -0.564. The van der Waals surface area contributed by atoms with E-state index in [-0.39, 0.29) is 16.8 Å². The van der Waals surface area contributed by atoms with Crippen molar-refractivity contribution in [1.29, 1.82) is 0 Å². The van der Waals surface area contributed by atoms with Crippen LogP contribution in [-0.4, -0.2) is 17.6 Å². The number of fused-ring (bicyclic) bond motifs is 1. The molecule has 0 aliphatic rings. The zero-order chi connectivity index (χ0) is 11.9. The van der Waals surface area contributed by atoms with E-state index in [1.165, 1.54) is 17.7 Å². The molecule has 1 aromatic carbocycles. The van der Waals surface area contributed by atoms with Crippen molar-refractivity contribution >= 4 is 22.8 Å². The Hall–Kier alpha value is -2.24. The number of nitrogens with two attached hydrogens (primary N) is 1. The van der Waals surface area contributed by atoms with Crippen LogP contribution in [0, 0.1) is 0 Å². The summed E-state index contributed by atoms with van der Waals surface area (Å²) in [6.07, 6.45) is 0. The van der Waals surface area contributed by atoms with Crippen LogP contribution in [0.2, 0.25) is 0 Å². The minimum Gasteiger partial charge on any atom is -0.465 e. The number of esters is 1. The molecule has 0 aliphatic heterocycles. The second-order valence-electron chi connectivity index (χ2n) is 3.29. The number of nitrogens with zero attached hydrogens (tertiary/aromatic N) is 1. The molecule has 0 fully saturated rings. The van der Waals surface area contributed by atoms with Crippen LogP contribution in [0.4, 0.5) is 5.69 Å². The van der Waals surface area contributed by atoms with Gasteiger partial charge in [0.05, 0.1) is 23.9 Å². The van der Waals surface area contributed by atoms with Crippen molar-refractivity contribution in [3.63, 3.8) is 0 Å². The number of carbonyl (C=O) groups is 1. The first-order valence-corrected chi connectivity index (χ1v) is 4.52. The molecule has 0 aliphatic carbocycles. The lowest BCUT2D eigenvalue weighted by Gasteiger charge is -2.03. The van der Waals surface area contributed by atoms with Gasteiger partial charge in [-0.05, 0) is 12.1 Å². The van der Waals surface area contributed by atoms with Crippen molar-refractivity contribution in [2.75, 3.05) is 12.8 Å². The predicted octanol–water partition coefficient (Wildman–Crippen LogP) is 0.500. The van der Waals surface area contributed by atoms with E-state index in [0.29, 0.717) is 5.52 Å². The van der Waals surface area contributed by atoms with Gasteiger partial charge in [0.2, 0.25) is 0 Å². The van der Waals surface area contributed by atoms with Crippen LogP contribution in [0.25, 0.3) is 11.1 Å². The second kappa shape index (κ2) is 3.41. The van der Waals surface area contributed by atoms with E-state index in [0.717, 1.165) is 0 Å². The van der Waals surface area contributed by atoms with Gasteiger partial charge in [-0.15, -0.1) is 0 Å². The number of aromatic nitrogens is 1. The van der Waals surface area contributed by atoms with Gasteiger partial charge in [0.25, 0.3) is 0 Å². The number of methoxy groups -OCH3 is 1. The van der Waals surface area contributed by atoms with Crippen LogP contribution >= 0.6 is 0 Å². The number of benzene rings is 1. The summed E-state index contributed by atoms with van der Waals surface area (Å²) in [6.45, 7) is 0. The second-order valence-corrected chi connectivity index (χ2v) is 3.29. The maximum Gasteiger partial charge on any atom is 0.419 e. The molecule has 0 unspecified atom stereocenters. The maximum absolute atomic E-state index is 11.3. The Bertz CT molecular complexity index is 624. The molecular formula is C10H10N2O4. The van der Waals surface area contributed by atoms with Gasteiger partial charge in [-0.2, -0.15) is 0 Å². The average Bonchev–Trinajstić information content (AvgIpc) is 2.57. The Morgan fingerprint density at radius 3 is 2.81 bits per heavy atom. The van der Waals surface area contributed by atoms with Gasteiger partial charge in [0.1, 0.15) is 0 Å². The summed E-state index contributed by atoms with van der Waals surface area (Å²) >= 11 is 0. The number of anilines is 1. The van der Waals surface area contributed by atoms with Gasteiger partial charge >= 0.3 is 11.7 Å². The monoisotopic (exact) mass is 222 g/mol. The van der Waals surface area contributed by atoms with Gasteiger partial charge in [-0.1, -0.05) is 0 Å². The van der Waals surface area contributed by atoms with Crippen molar-refractivity contribution < 1.29 is 13.9 Å². The zero-order valence-corrected chi connectivity index (χ0v) is 8.81. The van der Waals surface area contributed by atoms with E-state index in [1.54, 1.807) is 13.1 Å². The number of ether oxygens (including phenoxy) is 1. The Morgan fingerprint density at radius 2 is 2.19 bits per heavy atom. The van der Waals surface area contributed by atoms with Crippen molar-refractivity contribution in [2.45, 2.75) is 0 Å². The van der Waals surface area contributed by atoms with Crippen LogP contribution in [0.5, 0.6) is 0 Å². The number of aryl methyl sites for hydroxylation is 1. The lowest BCUT2D eigenvalue weighted by molar-refractivity contribution is 0.0602. The third-order valence-electron chi connectivity index (χ3n) is 2.41. The first kappa shape index (κ1) is 10.3. The highest BCUT2D eigenvalue weighted by Gasteiger charge is 2.16. The fraction of sp³-hybridized carbons (Fsp3) is 0.200. The predicted molar refractivity (Wildman–Crippen MR) is 57.2 cm³/mol. The van der Waals surface area contributed by atoms with E-state index in [4.69, 9.17) is 10.2 Å². The van der Waals surface area contributed by atoms with Crippen LogP contribution < -0.4 is 11.5 Å². The third kappa shape index (κ3) is 1.27. The summed E-state index contributed by atoms with van der Waals surface area (Å²) in [4.78, 5) is 22.6. The number of oxazole rings is 1. The number of hydrogen-bond donors (Lipinski definition) is 1. The summed E-state index contributed by atoms with van der Waals surface area (Å²) < 4.78 is 10.8. The molecule has 0 spiro atoms. The average molecular weight is 222 g/mol. The molecule has 6 heteroatoms. The van der Waals surface area contributed by atoms with Gasteiger partial charge in [-0.3, -0.25) is 4.57 Å². The molecule has 1 heterocycles. The molecule has 0 saturated heterocycles. The summed E-state index contributed by atoms with van der Waals surface area (Å²) in [5.41, 5.74) is 6.77. The Labute approximate surface area is 90.2 Å². The fourth-order valence-electron chi connectivity index (χ4n) is 1.50. The van der Waals surface area contributed by atoms with E-state index in [1.807, 2.05) is 0 Å². The first-order chi connectivity index (χ1) is 7.56. The summed E-state index contributed by atoms with van der Waals surface area (Å²) in [5, 5.41) is 0. The molecular weight excluding hydrogens is 212 g/mol. The van der Waals surface area contributed by atoms with E-state index in [2.05, 4.69) is 4.74 Å². The Balaban J connectivity index is 2.80. The Kier molecular flexibility index (Phi) is 2.19. The van der Waals surface area contributed by atoms with E-state index < -0.39 is 11.7 Å². The summed E-state index contributed by atoms with van der Waals surface area (Å²) in [5.74, 6) is -1.09. The first-order valence-electron chi connectivity index (χ1n) is 4.52. The SMILES string of the molecule is COC(=O)c1ccc2c(oc(=O)n2C)c1N. The number of rotatable bonds is 1. The summed E-state index contributed by atoms with van der Waals surface area (Å²) in [7, 11) is 2.82. The van der Waals surface area contributed by atoms with Gasteiger partial charge < -0.3 is 14.9 Å². The number of hydrogen-bond acceptors (Lipinski definition) is 5. The van der Waals surface area contributed by atoms with E-state index >= 15 is 0 Å². The highest BCUT2D eigenvalue weighted by Crippen LogP contribution is 2.24. The number of nitrogen functional groups attached to an aromatic ring is 1. The Morgan fingerprint density at radius 1 is 1.50 bits per heavy atom. The van der Waals surface area contributed by atoms with Crippen molar-refractivity contribution in [3.05, 3.63) is 28.2 Å². The largest absolute Gasteiger partial charge is 0.465 e. The summed E-state index contributed by atoms with van der Waals surface area (Å²) in [6, 6.07) is 3.08. The zero-order valence-electron chi connectivity index (χ0n) is 8.81. The molecule has 0 bridgehead atoms. The molecule has 16 heavy (non-hydrogen) atoms. The molecule has 6 nitrogen and oxygen atoms in total. The smallest absolute Gasteiger partial charge is 0.419 e. The molecule has 0 atom stereocenters. The lowest BCUT2D eigenvalue weighted by atomic mass is 10.1. The van der Waals surface area contributed by atoms with E-state index in [9.17, 15) is 9.59 Å². The normalized spacial score (nSPS) is 10.6. The molecule has 0 saturated carbocycles. The highest BCUT2D eigenvalue weighted by atomic mass is 16.5. The van der Waals surface area contributed by atoms with Gasteiger partial charge in [0, 0.05) is 7.05 Å². The quantitative estimate of drug-likeness (QED) is 0.560. The van der Waals surface area contributed by atoms with Crippen LogP contribution in [0.1, 0.15) is 10.4 Å². The van der Waals surface area contributed by atoms with Crippen LogP contribution in [0.3, 0.4) is 0 Å². The molecule has 2 N–H and O–H groups in total. The highest BCUT2D eigenvalue weighted by molar-refractivity contribution is 6.02. The van der Waals surface area contributed by atoms with Crippen LogP contribution in [-0.2, 0) is 11.8 Å². The molecule has 0 amide bonds. The third-order valence-corrected chi connectivity index (χ3v) is 2.41. The molecule has 0 radical (unpaired) electrons. The van der Waals surface area contributed by atoms with Gasteiger partial charge in [0.15, 0.2) is 5.58 Å². The number of carbonyl (C=O) groups excluding carboxylic acids is 1. The van der Waals surface area contributed by atoms with Gasteiger partial charge in [-0.25, -0.2) is 9.59 Å². The minimum absolute atomic E-state index is 0.113. The topological polar surface area (TPSA) is 87.5 Å². The maximum atomic E-state index is 11.3. The lowest BCUT2D eigenvalue weighted by Crippen LogP contribution is -2.08. The van der Waals surface area contributed by atoms with Crippen LogP contribution in [0.15, 0.2) is 21.3 Å². The molecule has 2 rings (SSSR count). The molecule has 1 aromatic heterocycles. The fourth-order valence-corrected chi connectivity index (χ4v) is 1.50. The molecule has 84 valence electrons. The van der Waals surface area contributed by atoms with Crippen molar-refractivity contribution in [2.24, 2.45) is 7.05 Å². The standard InChI is InChI=1S/C10H10N2O4/c1-12-6-4-3-5(9(13)15-2)7(11)8(6)16-10(12)14/h3-4H,11H2,1-2H3. The van der Waals surface area contributed by atoms with Crippen molar-refractivity contribution in [3.8, 4) is 0 Å².